The maximum Gasteiger partial charge on any atom is 0.322 e. The van der Waals surface area contributed by atoms with Crippen LogP contribution in [-0.2, 0) is 4.79 Å². The van der Waals surface area contributed by atoms with Gasteiger partial charge in [-0.05, 0) is 49.2 Å². The number of ether oxygens (including phenoxy) is 1. The van der Waals surface area contributed by atoms with Gasteiger partial charge in [-0.15, -0.1) is 0 Å². The fourth-order valence-electron chi connectivity index (χ4n) is 2.98. The predicted molar refractivity (Wildman–Crippen MR) is 96.8 cm³/mol. The molecule has 0 bridgehead atoms. The number of hydrogen-bond acceptors (Lipinski definition) is 3. The number of methoxy groups -OCH3 is 1. The molecular formula is C19H20FN3O3. The SMILES string of the molecule is COc1ccccc1NC(=O)N1CCC[C@H]1C(=O)Nc1ccc(F)cc1. The molecule has 1 aliphatic heterocycles. The van der Waals surface area contributed by atoms with Gasteiger partial charge in [0.2, 0.25) is 5.91 Å². The van der Waals surface area contributed by atoms with Gasteiger partial charge >= 0.3 is 6.03 Å². The predicted octanol–water partition coefficient (Wildman–Crippen LogP) is 3.47. The van der Waals surface area contributed by atoms with Crippen molar-refractivity contribution in [2.24, 2.45) is 0 Å². The van der Waals surface area contributed by atoms with Crippen molar-refractivity contribution in [3.8, 4) is 5.75 Å². The summed E-state index contributed by atoms with van der Waals surface area (Å²) in [6.45, 7) is 0.489. The first-order chi connectivity index (χ1) is 12.6. The van der Waals surface area contributed by atoms with Crippen LogP contribution < -0.4 is 15.4 Å². The van der Waals surface area contributed by atoms with E-state index < -0.39 is 6.04 Å². The summed E-state index contributed by atoms with van der Waals surface area (Å²) in [4.78, 5) is 26.7. The third kappa shape index (κ3) is 3.93. The lowest BCUT2D eigenvalue weighted by atomic mass is 10.2. The molecule has 6 nitrogen and oxygen atoms in total. The van der Waals surface area contributed by atoms with Crippen LogP contribution >= 0.6 is 0 Å². The number of benzene rings is 2. The molecule has 136 valence electrons. The molecule has 1 atom stereocenters. The van der Waals surface area contributed by atoms with Gasteiger partial charge < -0.3 is 20.3 Å². The number of carbonyl (C=O) groups is 2. The third-order valence-corrected chi connectivity index (χ3v) is 4.28. The number of likely N-dealkylation sites (tertiary alicyclic amines) is 1. The first-order valence-corrected chi connectivity index (χ1v) is 8.35. The second-order valence-corrected chi connectivity index (χ2v) is 5.98. The van der Waals surface area contributed by atoms with Crippen LogP contribution in [0.25, 0.3) is 0 Å². The summed E-state index contributed by atoms with van der Waals surface area (Å²) in [6.07, 6.45) is 1.31. The molecule has 3 amide bonds. The summed E-state index contributed by atoms with van der Waals surface area (Å²) >= 11 is 0. The number of para-hydroxylation sites is 2. The average molecular weight is 357 g/mol. The lowest BCUT2D eigenvalue weighted by Gasteiger charge is -2.24. The number of nitrogens with one attached hydrogen (secondary N) is 2. The second-order valence-electron chi connectivity index (χ2n) is 5.98. The van der Waals surface area contributed by atoms with E-state index in [0.29, 0.717) is 30.1 Å². The van der Waals surface area contributed by atoms with Gasteiger partial charge in [-0.3, -0.25) is 4.79 Å². The lowest BCUT2D eigenvalue weighted by Crippen LogP contribution is -2.45. The monoisotopic (exact) mass is 357 g/mol. The van der Waals surface area contributed by atoms with Gasteiger partial charge in [0.1, 0.15) is 17.6 Å². The smallest absolute Gasteiger partial charge is 0.322 e. The fourth-order valence-corrected chi connectivity index (χ4v) is 2.98. The van der Waals surface area contributed by atoms with E-state index in [9.17, 15) is 14.0 Å². The fraction of sp³-hybridized carbons (Fsp3) is 0.263. The molecule has 1 fully saturated rings. The summed E-state index contributed by atoms with van der Waals surface area (Å²) in [6, 6.07) is 11.7. The Morgan fingerprint density at radius 2 is 1.85 bits per heavy atom. The average Bonchev–Trinajstić information content (AvgIpc) is 3.14. The molecule has 2 aromatic carbocycles. The van der Waals surface area contributed by atoms with E-state index in [0.717, 1.165) is 6.42 Å². The Labute approximate surface area is 150 Å². The number of hydrogen-bond donors (Lipinski definition) is 2. The zero-order valence-electron chi connectivity index (χ0n) is 14.4. The molecule has 0 aromatic heterocycles. The molecular weight excluding hydrogens is 337 g/mol. The van der Waals surface area contributed by atoms with Crippen LogP contribution in [0.1, 0.15) is 12.8 Å². The molecule has 1 aliphatic rings. The number of rotatable bonds is 4. The largest absolute Gasteiger partial charge is 0.495 e. The van der Waals surface area contributed by atoms with Crippen molar-refractivity contribution in [1.82, 2.24) is 4.90 Å². The maximum atomic E-state index is 13.0. The number of amides is 3. The van der Waals surface area contributed by atoms with Crippen molar-refractivity contribution >= 4 is 23.3 Å². The van der Waals surface area contributed by atoms with E-state index in [1.165, 1.54) is 36.3 Å². The highest BCUT2D eigenvalue weighted by Gasteiger charge is 2.34. The Bertz CT molecular complexity index is 795. The van der Waals surface area contributed by atoms with E-state index >= 15 is 0 Å². The van der Waals surface area contributed by atoms with E-state index in [1.54, 1.807) is 18.2 Å². The van der Waals surface area contributed by atoms with Crippen LogP contribution in [0.5, 0.6) is 5.75 Å². The molecule has 3 rings (SSSR count). The second kappa shape index (κ2) is 7.86. The maximum absolute atomic E-state index is 13.0. The highest BCUT2D eigenvalue weighted by atomic mass is 19.1. The summed E-state index contributed by atoms with van der Waals surface area (Å²) in [5, 5.41) is 5.52. The van der Waals surface area contributed by atoms with E-state index in [2.05, 4.69) is 10.6 Å². The van der Waals surface area contributed by atoms with Crippen LogP contribution in [-0.4, -0.2) is 36.5 Å². The molecule has 0 radical (unpaired) electrons. The number of carbonyl (C=O) groups excluding carboxylic acids is 2. The number of nitrogens with zero attached hydrogens (tertiary/aromatic N) is 1. The Morgan fingerprint density at radius 3 is 2.58 bits per heavy atom. The molecule has 0 unspecified atom stereocenters. The van der Waals surface area contributed by atoms with E-state index in [-0.39, 0.29) is 17.8 Å². The summed E-state index contributed by atoms with van der Waals surface area (Å²) in [5.74, 6) is -0.113. The van der Waals surface area contributed by atoms with E-state index in [4.69, 9.17) is 4.74 Å². The standard InChI is InChI=1S/C19H20FN3O3/c1-26-17-7-3-2-5-15(17)22-19(25)23-12-4-6-16(23)18(24)21-14-10-8-13(20)9-11-14/h2-3,5,7-11,16H,4,6,12H2,1H3,(H,21,24)(H,22,25)/t16-/m0/s1. The van der Waals surface area contributed by atoms with Gasteiger partial charge in [-0.2, -0.15) is 0 Å². The van der Waals surface area contributed by atoms with E-state index in [1.807, 2.05) is 6.07 Å². The van der Waals surface area contributed by atoms with Gasteiger partial charge in [0.15, 0.2) is 0 Å². The lowest BCUT2D eigenvalue weighted by molar-refractivity contribution is -0.119. The van der Waals surface area contributed by atoms with Gasteiger partial charge in [0.25, 0.3) is 0 Å². The Hall–Kier alpha value is -3.09. The van der Waals surface area contributed by atoms with Crippen molar-refractivity contribution in [2.75, 3.05) is 24.3 Å². The normalized spacial score (nSPS) is 16.2. The molecule has 0 aliphatic carbocycles. The van der Waals surface area contributed by atoms with Gasteiger partial charge in [0.05, 0.1) is 12.8 Å². The summed E-state index contributed by atoms with van der Waals surface area (Å²) in [7, 11) is 1.53. The molecule has 7 heteroatoms. The zero-order valence-corrected chi connectivity index (χ0v) is 14.4. The summed E-state index contributed by atoms with van der Waals surface area (Å²) < 4.78 is 18.2. The molecule has 2 N–H and O–H groups in total. The van der Waals surface area contributed by atoms with Crippen LogP contribution in [0, 0.1) is 5.82 Å². The van der Waals surface area contributed by atoms with Crippen LogP contribution in [0.2, 0.25) is 0 Å². The van der Waals surface area contributed by atoms with Crippen LogP contribution in [0.4, 0.5) is 20.6 Å². The zero-order chi connectivity index (χ0) is 18.5. The van der Waals surface area contributed by atoms with Crippen molar-refractivity contribution in [3.63, 3.8) is 0 Å². The van der Waals surface area contributed by atoms with Crippen molar-refractivity contribution in [2.45, 2.75) is 18.9 Å². The third-order valence-electron chi connectivity index (χ3n) is 4.28. The van der Waals surface area contributed by atoms with Crippen molar-refractivity contribution < 1.29 is 18.7 Å². The number of halogens is 1. The Kier molecular flexibility index (Phi) is 5.36. The van der Waals surface area contributed by atoms with Crippen molar-refractivity contribution in [3.05, 3.63) is 54.3 Å². The minimum absolute atomic E-state index is 0.288. The molecule has 0 spiro atoms. The minimum atomic E-state index is -0.574. The highest BCUT2D eigenvalue weighted by molar-refractivity contribution is 6.00. The minimum Gasteiger partial charge on any atom is -0.495 e. The Balaban J connectivity index is 1.67. The number of urea groups is 1. The summed E-state index contributed by atoms with van der Waals surface area (Å²) in [5.41, 5.74) is 1.04. The molecule has 26 heavy (non-hydrogen) atoms. The molecule has 1 saturated heterocycles. The molecule has 0 saturated carbocycles. The highest BCUT2D eigenvalue weighted by Crippen LogP contribution is 2.25. The molecule has 1 heterocycles. The van der Waals surface area contributed by atoms with Gasteiger partial charge in [-0.1, -0.05) is 12.1 Å². The first kappa shape index (κ1) is 17.7. The molecule has 2 aromatic rings. The number of anilines is 2. The first-order valence-electron chi connectivity index (χ1n) is 8.35. The van der Waals surface area contributed by atoms with Crippen molar-refractivity contribution in [1.29, 1.82) is 0 Å². The topological polar surface area (TPSA) is 70.7 Å². The van der Waals surface area contributed by atoms with Gasteiger partial charge in [-0.25, -0.2) is 9.18 Å². The Morgan fingerprint density at radius 1 is 1.12 bits per heavy atom. The van der Waals surface area contributed by atoms with Crippen LogP contribution in [0.15, 0.2) is 48.5 Å². The van der Waals surface area contributed by atoms with Gasteiger partial charge in [0, 0.05) is 12.2 Å². The van der Waals surface area contributed by atoms with Crippen LogP contribution in [0.3, 0.4) is 0 Å². The quantitative estimate of drug-likeness (QED) is 0.880.